The second-order valence-corrected chi connectivity index (χ2v) is 8.13. The number of thiol groups is 1. The Hall–Kier alpha value is -1.83. The van der Waals surface area contributed by atoms with Crippen LogP contribution in [0.2, 0.25) is 0 Å². The van der Waals surface area contributed by atoms with Crippen LogP contribution in [0.3, 0.4) is 0 Å². The van der Waals surface area contributed by atoms with E-state index in [4.69, 9.17) is 19.5 Å². The number of aromatic nitrogens is 3. The highest BCUT2D eigenvalue weighted by Gasteiger charge is 2.45. The number of nitrogens with zero attached hydrogens (tertiary/aromatic N) is 3. The number of phosphoric ester groups is 1. The van der Waals surface area contributed by atoms with Crippen molar-refractivity contribution in [3.8, 4) is 0 Å². The van der Waals surface area contributed by atoms with Crippen molar-refractivity contribution in [1.82, 2.24) is 14.8 Å². The van der Waals surface area contributed by atoms with Gasteiger partial charge in [-0.25, -0.2) is 14.2 Å². The third kappa shape index (κ3) is 5.41. The first-order valence-corrected chi connectivity index (χ1v) is 10.2. The van der Waals surface area contributed by atoms with Crippen LogP contribution >= 0.6 is 20.5 Å². The molecule has 1 aromatic heterocycles. The number of ether oxygens (including phenoxy) is 1. The molecule has 5 atom stereocenters. The first kappa shape index (κ1) is 21.9. The lowest BCUT2D eigenvalue weighted by molar-refractivity contribution is -0.0591. The van der Waals surface area contributed by atoms with E-state index in [1.54, 1.807) is 24.3 Å². The fourth-order valence-electron chi connectivity index (χ4n) is 2.55. The van der Waals surface area contributed by atoms with Crippen LogP contribution in [-0.4, -0.2) is 60.7 Å². The maximum absolute atomic E-state index is 12.0. The van der Waals surface area contributed by atoms with Gasteiger partial charge < -0.3 is 25.6 Å². The molecule has 12 nitrogen and oxygen atoms in total. The Morgan fingerprint density at radius 3 is 2.59 bits per heavy atom. The lowest BCUT2D eigenvalue weighted by Gasteiger charge is -2.17. The predicted molar refractivity (Wildman–Crippen MR) is 98.7 cm³/mol. The molecule has 2 heterocycles. The van der Waals surface area contributed by atoms with Gasteiger partial charge in [-0.2, -0.15) is 0 Å². The summed E-state index contributed by atoms with van der Waals surface area (Å²) in [4.78, 5) is 25.3. The lowest BCUT2D eigenvalue weighted by Crippen LogP contribution is -2.33. The molecule has 1 aromatic carbocycles. The average Bonchev–Trinajstić information content (AvgIpc) is 3.26. The molecule has 14 heteroatoms. The van der Waals surface area contributed by atoms with Crippen LogP contribution in [0, 0.1) is 0 Å². The number of benzene rings is 1. The molecule has 29 heavy (non-hydrogen) atoms. The molecule has 0 aliphatic carbocycles. The summed E-state index contributed by atoms with van der Waals surface area (Å²) in [6.07, 6.45) is -4.17. The van der Waals surface area contributed by atoms with Gasteiger partial charge in [0.15, 0.2) is 6.23 Å². The summed E-state index contributed by atoms with van der Waals surface area (Å²) in [5.41, 5.74) is 5.69. The van der Waals surface area contributed by atoms with Gasteiger partial charge in [0.05, 0.1) is 13.2 Å². The van der Waals surface area contributed by atoms with E-state index in [1.807, 2.05) is 0 Å². The Balaban J connectivity index is 1.55. The number of phosphoric acid groups is 1. The van der Waals surface area contributed by atoms with Crippen LogP contribution in [0.15, 0.2) is 35.5 Å². The molecule has 1 fully saturated rings. The van der Waals surface area contributed by atoms with E-state index in [-0.39, 0.29) is 12.4 Å². The van der Waals surface area contributed by atoms with Crippen molar-refractivity contribution in [1.29, 1.82) is 0 Å². The Bertz CT molecular complexity index is 910. The van der Waals surface area contributed by atoms with Gasteiger partial charge in [-0.15, -0.1) is 17.7 Å². The molecule has 0 saturated carbocycles. The number of rotatable bonds is 8. The third-order valence-electron chi connectivity index (χ3n) is 4.06. The van der Waals surface area contributed by atoms with Crippen LogP contribution in [0.5, 0.6) is 0 Å². The number of hydrogen-bond donors (Lipinski definition) is 5. The number of aliphatic hydroxyl groups excluding tert-OH is 2. The number of primary amides is 1. The predicted octanol–water partition coefficient (Wildman–Crippen LogP) is -0.381. The molecule has 0 radical (unpaired) electrons. The van der Waals surface area contributed by atoms with Gasteiger partial charge in [-0.05, 0) is 17.7 Å². The van der Waals surface area contributed by atoms with Crippen molar-refractivity contribution in [2.75, 3.05) is 6.61 Å². The minimum atomic E-state index is -4.46. The van der Waals surface area contributed by atoms with Crippen LogP contribution in [0.25, 0.3) is 0 Å². The van der Waals surface area contributed by atoms with Gasteiger partial charge in [0, 0.05) is 4.90 Å². The van der Waals surface area contributed by atoms with Crippen molar-refractivity contribution in [3.05, 3.63) is 42.0 Å². The monoisotopic (exact) mass is 446 g/mol. The quantitative estimate of drug-likeness (QED) is 0.265. The van der Waals surface area contributed by atoms with E-state index in [0.717, 1.165) is 15.9 Å². The summed E-state index contributed by atoms with van der Waals surface area (Å²) in [5.74, 6) is -1.17. The summed E-state index contributed by atoms with van der Waals surface area (Å²) in [5, 5.41) is 24.0. The molecule has 5 N–H and O–H groups in total. The molecule has 1 amide bonds. The lowest BCUT2D eigenvalue weighted by atomic mass is 10.1. The third-order valence-corrected chi connectivity index (χ3v) is 5.29. The minimum Gasteiger partial charge on any atom is -0.387 e. The fraction of sp³-hybridized carbons (Fsp3) is 0.400. The second-order valence-electron chi connectivity index (χ2n) is 6.16. The zero-order chi connectivity index (χ0) is 21.2. The number of aliphatic hydroxyl groups is 2. The molecule has 2 unspecified atom stereocenters. The van der Waals surface area contributed by atoms with E-state index < -0.39 is 44.9 Å². The zero-order valence-corrected chi connectivity index (χ0v) is 16.6. The number of carbonyl (C=O) groups excluding carboxylic acids is 1. The molecule has 1 aliphatic heterocycles. The zero-order valence-electron chi connectivity index (χ0n) is 14.8. The van der Waals surface area contributed by atoms with E-state index in [9.17, 15) is 24.5 Å². The highest BCUT2D eigenvalue weighted by Crippen LogP contribution is 2.45. The van der Waals surface area contributed by atoms with E-state index >= 15 is 0 Å². The topological polar surface area (TPSA) is 179 Å². The van der Waals surface area contributed by atoms with Crippen molar-refractivity contribution >= 4 is 26.4 Å². The number of nitrogens with two attached hydrogens (primary N) is 1. The van der Waals surface area contributed by atoms with Crippen LogP contribution in [0.4, 0.5) is 0 Å². The maximum Gasteiger partial charge on any atom is 0.472 e. The fourth-order valence-corrected chi connectivity index (χ4v) is 3.42. The van der Waals surface area contributed by atoms with Crippen molar-refractivity contribution in [2.45, 2.75) is 36.0 Å². The SMILES string of the molecule is NC(=O)c1ncn([C@@H]2O[C@H](COP(=O)(O)OCc3ccc(S)cc3)[C@H](O)C2O)n1. The molecule has 0 bridgehead atoms. The van der Waals surface area contributed by atoms with Gasteiger partial charge in [0.2, 0.25) is 5.82 Å². The smallest absolute Gasteiger partial charge is 0.387 e. The van der Waals surface area contributed by atoms with Crippen molar-refractivity contribution in [3.63, 3.8) is 0 Å². The van der Waals surface area contributed by atoms with Gasteiger partial charge in [0.25, 0.3) is 5.91 Å². The summed E-state index contributed by atoms with van der Waals surface area (Å²) in [7, 11) is -4.46. The van der Waals surface area contributed by atoms with Crippen molar-refractivity contribution in [2.24, 2.45) is 5.73 Å². The van der Waals surface area contributed by atoms with Gasteiger partial charge in [0.1, 0.15) is 24.6 Å². The summed E-state index contributed by atoms with van der Waals surface area (Å²) in [6.45, 7) is -0.731. The Morgan fingerprint density at radius 1 is 1.28 bits per heavy atom. The second kappa shape index (κ2) is 8.90. The van der Waals surface area contributed by atoms with E-state index in [1.165, 1.54) is 0 Å². The highest BCUT2D eigenvalue weighted by atomic mass is 32.1. The van der Waals surface area contributed by atoms with Gasteiger partial charge in [-0.3, -0.25) is 13.8 Å². The molecule has 1 saturated heterocycles. The van der Waals surface area contributed by atoms with Gasteiger partial charge >= 0.3 is 7.82 Å². The standard InChI is InChI=1S/C15H19N4O8PS/c16-13(22)14-17-7-19(18-14)15-12(21)11(20)10(27-15)6-26-28(23,24)25-5-8-1-3-9(29)4-2-8/h1-4,7,10-12,15,20-21,29H,5-6H2,(H2,16,22)(H,23,24)/t10-,11+,12?,15-/m1/s1. The van der Waals surface area contributed by atoms with Crippen LogP contribution in [-0.2, 0) is 25.0 Å². The molecule has 0 spiro atoms. The first-order valence-electron chi connectivity index (χ1n) is 8.28. The van der Waals surface area contributed by atoms with Crippen LogP contribution < -0.4 is 5.73 Å². The summed E-state index contributed by atoms with van der Waals surface area (Å²) in [6, 6.07) is 6.74. The van der Waals surface area contributed by atoms with Crippen LogP contribution in [0.1, 0.15) is 22.4 Å². The van der Waals surface area contributed by atoms with Gasteiger partial charge in [-0.1, -0.05) is 12.1 Å². The molecule has 3 rings (SSSR count). The maximum atomic E-state index is 12.0. The first-order chi connectivity index (χ1) is 13.7. The largest absolute Gasteiger partial charge is 0.472 e. The Morgan fingerprint density at radius 2 is 1.97 bits per heavy atom. The number of carbonyl (C=O) groups is 1. The highest BCUT2D eigenvalue weighted by molar-refractivity contribution is 7.80. The Kier molecular flexibility index (Phi) is 6.71. The van der Waals surface area contributed by atoms with Crippen molar-refractivity contribution < 1.29 is 38.3 Å². The molecular weight excluding hydrogens is 427 g/mol. The van der Waals surface area contributed by atoms with E-state index in [2.05, 4.69) is 22.7 Å². The molecule has 1 aliphatic rings. The number of hydrogen-bond acceptors (Lipinski definition) is 10. The minimum absolute atomic E-state index is 0.185. The molecule has 158 valence electrons. The van der Waals surface area contributed by atoms with E-state index in [0.29, 0.717) is 5.56 Å². The summed E-state index contributed by atoms with van der Waals surface area (Å²) < 4.78 is 28.2. The Labute approximate surface area is 170 Å². The average molecular weight is 446 g/mol. The number of amides is 1. The molecule has 2 aromatic rings. The molecular formula is C15H19N4O8PS. The normalized spacial score (nSPS) is 26.3. The summed E-state index contributed by atoms with van der Waals surface area (Å²) >= 11 is 4.14.